The zero-order valence-corrected chi connectivity index (χ0v) is 47.6. The summed E-state index contributed by atoms with van der Waals surface area (Å²) in [6.07, 6.45) is 0. The summed E-state index contributed by atoms with van der Waals surface area (Å²) in [5.41, 5.74) is 0. The van der Waals surface area contributed by atoms with E-state index in [1.54, 1.807) is 0 Å². The summed E-state index contributed by atoms with van der Waals surface area (Å²) < 4.78 is 9.64. The van der Waals surface area contributed by atoms with E-state index < -0.39 is 47.4 Å². The molecule has 0 saturated carbocycles. The topological polar surface area (TPSA) is 28.2 Å². The summed E-state index contributed by atoms with van der Waals surface area (Å²) in [5.74, 6) is 0. The molecular formula is C48H66Fe2N2S2Si6. The van der Waals surface area contributed by atoms with Crippen molar-refractivity contribution in [2.75, 3.05) is 0 Å². The SMILES string of the molecule is C[Si](C)(C)[N-][Si](C)(C)C.C[Si](C)(C)[N-][Si](C)(C)C.[Fe+2].[Fe+2].[S-][Si](c1ccccc1)(c1ccccc1)c1ccccc1.[S-][Si](c1ccccc1)(c1ccccc1)c1ccccc1. The molecule has 60 heavy (non-hydrogen) atoms. The average molecular weight is 1020 g/mol. The Morgan fingerprint density at radius 2 is 0.367 bits per heavy atom. The van der Waals surface area contributed by atoms with Crippen molar-refractivity contribution in [3.05, 3.63) is 191 Å². The van der Waals surface area contributed by atoms with Crippen LogP contribution in [0.1, 0.15) is 0 Å². The van der Waals surface area contributed by atoms with E-state index >= 15 is 0 Å². The zero-order chi connectivity index (χ0) is 43.1. The van der Waals surface area contributed by atoms with Crippen molar-refractivity contribution in [1.29, 1.82) is 0 Å². The summed E-state index contributed by atoms with van der Waals surface area (Å²) in [5, 5.41) is 7.62. The molecule has 0 aliphatic rings. The summed E-state index contributed by atoms with van der Waals surface area (Å²) in [4.78, 5) is 0. The van der Waals surface area contributed by atoms with Crippen LogP contribution in [0.5, 0.6) is 0 Å². The molecular weight excluding hydrogens is 949 g/mol. The first-order chi connectivity index (χ1) is 27.0. The summed E-state index contributed by atoms with van der Waals surface area (Å²) in [6, 6.07) is 63.2. The number of hydrogen-bond donors (Lipinski definition) is 0. The largest absolute Gasteiger partial charge is 2.00 e. The van der Waals surface area contributed by atoms with Crippen molar-refractivity contribution in [2.45, 2.75) is 78.6 Å². The molecule has 320 valence electrons. The van der Waals surface area contributed by atoms with Crippen molar-refractivity contribution in [1.82, 2.24) is 0 Å². The fourth-order valence-corrected chi connectivity index (χ4v) is 31.6. The van der Waals surface area contributed by atoms with Crippen molar-refractivity contribution in [3.8, 4) is 0 Å². The molecule has 0 aliphatic heterocycles. The predicted octanol–water partition coefficient (Wildman–Crippen LogP) is 10.5. The van der Waals surface area contributed by atoms with Crippen molar-refractivity contribution in [2.24, 2.45) is 0 Å². The molecule has 0 heterocycles. The maximum absolute atomic E-state index is 6.24. The van der Waals surface area contributed by atoms with Crippen molar-refractivity contribution in [3.63, 3.8) is 0 Å². The van der Waals surface area contributed by atoms with Gasteiger partial charge in [-0.1, -0.05) is 325 Å². The van der Waals surface area contributed by atoms with Gasteiger partial charge in [0.15, 0.2) is 0 Å². The molecule has 0 saturated heterocycles. The second kappa shape index (κ2) is 25.5. The number of benzene rings is 6. The third kappa shape index (κ3) is 19.3. The molecule has 0 spiro atoms. The molecule has 12 heteroatoms. The zero-order valence-electron chi connectivity index (χ0n) is 37.7. The molecule has 0 unspecified atom stereocenters. The maximum Gasteiger partial charge on any atom is 2.00 e. The molecule has 0 bridgehead atoms. The van der Waals surface area contributed by atoms with Crippen LogP contribution in [0, 0.1) is 0 Å². The molecule has 0 fully saturated rings. The van der Waals surface area contributed by atoms with E-state index in [1.807, 2.05) is 36.4 Å². The average Bonchev–Trinajstić information content (AvgIpc) is 3.17. The smallest absolute Gasteiger partial charge is 0.782 e. The third-order valence-electron chi connectivity index (χ3n) is 8.42. The van der Waals surface area contributed by atoms with E-state index in [2.05, 4.69) is 224 Å². The van der Waals surface area contributed by atoms with Gasteiger partial charge in [-0.3, -0.25) is 0 Å². The van der Waals surface area contributed by atoms with E-state index in [-0.39, 0.29) is 34.1 Å². The van der Waals surface area contributed by atoms with Gasteiger partial charge in [-0.05, 0) is 0 Å². The fourth-order valence-electron chi connectivity index (χ4n) is 7.05. The van der Waals surface area contributed by atoms with Crippen LogP contribution < -0.4 is 31.1 Å². The van der Waals surface area contributed by atoms with Gasteiger partial charge in [0.1, 0.15) is 0 Å². The van der Waals surface area contributed by atoms with Gasteiger partial charge in [0.25, 0.3) is 0 Å². The second-order valence-corrected chi connectivity index (χ2v) is 47.5. The molecule has 0 atom stereocenters. The van der Waals surface area contributed by atoms with Gasteiger partial charge in [0.05, 0.1) is 0 Å². The van der Waals surface area contributed by atoms with Gasteiger partial charge >= 0.3 is 34.1 Å². The summed E-state index contributed by atoms with van der Waals surface area (Å²) >= 11 is 12.5. The first-order valence-corrected chi connectivity index (χ1v) is 40.3. The van der Waals surface area contributed by atoms with E-state index in [0.29, 0.717) is 0 Å². The van der Waals surface area contributed by atoms with Crippen LogP contribution in [0.25, 0.3) is 9.30 Å². The normalized spacial score (nSPS) is 11.7. The van der Waals surface area contributed by atoms with Crippen LogP contribution in [0.3, 0.4) is 0 Å². The van der Waals surface area contributed by atoms with Crippen LogP contribution in [-0.4, -0.2) is 47.4 Å². The summed E-state index contributed by atoms with van der Waals surface area (Å²) in [7, 11) is -9.01. The Morgan fingerprint density at radius 1 is 0.250 bits per heavy atom. The Kier molecular flexibility index (Phi) is 24.0. The van der Waals surface area contributed by atoms with Crippen molar-refractivity contribution >= 4 is 103 Å². The van der Waals surface area contributed by atoms with Crippen LogP contribution in [0.15, 0.2) is 182 Å². The molecule has 0 radical (unpaired) electrons. The molecule has 6 aromatic rings. The van der Waals surface area contributed by atoms with Gasteiger partial charge in [-0.2, -0.15) is 0 Å². The minimum absolute atomic E-state index is 0. The fraction of sp³-hybridized carbons (Fsp3) is 0.250. The predicted molar refractivity (Wildman–Crippen MR) is 283 cm³/mol. The second-order valence-electron chi connectivity index (χ2n) is 18.5. The Hall–Kier alpha value is -1.72. The number of hydrogen-bond acceptors (Lipinski definition) is 2. The monoisotopic (exact) mass is 1010 g/mol. The van der Waals surface area contributed by atoms with Gasteiger partial charge < -0.3 is 33.5 Å². The molecule has 2 nitrogen and oxygen atoms in total. The number of nitrogens with zero attached hydrogens (tertiary/aromatic N) is 2. The van der Waals surface area contributed by atoms with Crippen LogP contribution in [0.4, 0.5) is 0 Å². The Balaban J connectivity index is 0.000000424. The van der Waals surface area contributed by atoms with Gasteiger partial charge in [-0.15, -0.1) is 0 Å². The Morgan fingerprint density at radius 3 is 0.450 bits per heavy atom. The minimum Gasteiger partial charge on any atom is -0.782 e. The quantitative estimate of drug-likeness (QED) is 0.0777. The van der Waals surface area contributed by atoms with E-state index in [0.717, 1.165) is 0 Å². The molecule has 0 aliphatic carbocycles. The maximum atomic E-state index is 6.24. The third-order valence-corrected chi connectivity index (χ3v) is 30.3. The Bertz CT molecular complexity index is 1660. The molecule has 0 N–H and O–H groups in total. The standard InChI is InChI=1S/2C18H15SSi.2C6H18NSi2.2Fe/c2*19-20(16-10-4-1-5-11-16,17-12-6-2-7-13-17)18-14-8-3-9-15-18;2*1-8(2,3)7-9(4,5)6;;/h2*1-15H;2*1-6H3;;/q4*-1;2*+2. The first-order valence-electron chi connectivity index (χ1n) is 20.3. The summed E-state index contributed by atoms with van der Waals surface area (Å²) in [6.45, 7) is 27.6. The van der Waals surface area contributed by atoms with E-state index in [1.165, 1.54) is 31.1 Å². The van der Waals surface area contributed by atoms with Crippen LogP contribution in [0.2, 0.25) is 78.6 Å². The van der Waals surface area contributed by atoms with Crippen molar-refractivity contribution < 1.29 is 34.1 Å². The minimum atomic E-state index is -2.29. The number of rotatable bonds is 10. The van der Waals surface area contributed by atoms with Gasteiger partial charge in [-0.25, -0.2) is 0 Å². The molecule has 6 rings (SSSR count). The van der Waals surface area contributed by atoms with Gasteiger partial charge in [0.2, 0.25) is 0 Å². The van der Waals surface area contributed by atoms with E-state index in [9.17, 15) is 0 Å². The molecule has 0 amide bonds. The van der Waals surface area contributed by atoms with E-state index in [4.69, 9.17) is 33.5 Å². The first kappa shape index (κ1) is 56.3. The van der Waals surface area contributed by atoms with Crippen LogP contribution >= 0.6 is 0 Å². The molecule has 0 aromatic heterocycles. The Labute approximate surface area is 403 Å². The molecule has 6 aromatic carbocycles. The van der Waals surface area contributed by atoms with Crippen LogP contribution in [-0.2, 0) is 58.3 Å². The van der Waals surface area contributed by atoms with Gasteiger partial charge in [0, 0.05) is 14.4 Å².